The Morgan fingerprint density at radius 2 is 2.13 bits per heavy atom. The van der Waals surface area contributed by atoms with Crippen molar-refractivity contribution in [1.29, 1.82) is 0 Å². The molecule has 6 nitrogen and oxygen atoms in total. The lowest BCUT2D eigenvalue weighted by atomic mass is 9.89. The molecule has 0 bridgehead atoms. The zero-order valence-corrected chi connectivity index (χ0v) is 18.0. The zero-order chi connectivity index (χ0) is 21.9. The molecule has 31 heavy (non-hydrogen) atoms. The van der Waals surface area contributed by atoms with Crippen molar-refractivity contribution in [3.8, 4) is 5.75 Å². The molecule has 164 valence electrons. The van der Waals surface area contributed by atoms with Gasteiger partial charge in [0.15, 0.2) is 6.61 Å². The van der Waals surface area contributed by atoms with Crippen molar-refractivity contribution in [2.75, 3.05) is 13.2 Å². The molecule has 0 saturated heterocycles. The van der Waals surface area contributed by atoms with E-state index in [-0.39, 0.29) is 6.61 Å². The monoisotopic (exact) mass is 422 g/mol. The summed E-state index contributed by atoms with van der Waals surface area (Å²) in [5, 5.41) is 13.3. The fourth-order valence-corrected chi connectivity index (χ4v) is 3.73. The highest BCUT2D eigenvalue weighted by Crippen LogP contribution is 2.34. The molecule has 0 atom stereocenters. The van der Waals surface area contributed by atoms with E-state index in [1.165, 1.54) is 5.57 Å². The van der Waals surface area contributed by atoms with Gasteiger partial charge in [0.05, 0.1) is 5.71 Å². The predicted molar refractivity (Wildman–Crippen MR) is 121 cm³/mol. The summed E-state index contributed by atoms with van der Waals surface area (Å²) in [4.78, 5) is 20.8. The quantitative estimate of drug-likeness (QED) is 0.286. The van der Waals surface area contributed by atoms with Gasteiger partial charge in [-0.2, -0.15) is 0 Å². The molecule has 1 aromatic heterocycles. The van der Waals surface area contributed by atoms with Gasteiger partial charge < -0.3 is 14.7 Å². The lowest BCUT2D eigenvalue weighted by molar-refractivity contribution is -0.139. The molecule has 1 N–H and O–H groups in total. The van der Waals surface area contributed by atoms with Crippen molar-refractivity contribution >= 4 is 17.3 Å². The summed E-state index contributed by atoms with van der Waals surface area (Å²) in [6, 6.07) is 9.73. The minimum atomic E-state index is -0.973. The number of benzene rings is 1. The van der Waals surface area contributed by atoms with Gasteiger partial charge in [-0.25, -0.2) is 4.79 Å². The second kappa shape index (κ2) is 11.9. The number of rotatable bonds is 12. The Balaban J connectivity index is 1.63. The number of carbonyl (C=O) groups is 1. The highest BCUT2D eigenvalue weighted by molar-refractivity contribution is 5.99. The molecule has 1 aliphatic rings. The van der Waals surface area contributed by atoms with E-state index in [9.17, 15) is 4.79 Å². The first-order chi connectivity index (χ1) is 15.2. The van der Waals surface area contributed by atoms with Gasteiger partial charge in [0.2, 0.25) is 0 Å². The number of aromatic nitrogens is 1. The first kappa shape index (κ1) is 22.5. The summed E-state index contributed by atoms with van der Waals surface area (Å²) in [5.74, 6) is -0.321. The molecule has 0 fully saturated rings. The van der Waals surface area contributed by atoms with Crippen molar-refractivity contribution in [3.63, 3.8) is 0 Å². The molecule has 1 heterocycles. The normalized spacial score (nSPS) is 13.3. The average Bonchev–Trinajstić information content (AvgIpc) is 2.80. The Kier molecular flexibility index (Phi) is 8.64. The number of carboxylic acids is 1. The van der Waals surface area contributed by atoms with Crippen LogP contribution in [0.5, 0.6) is 5.75 Å². The van der Waals surface area contributed by atoms with Gasteiger partial charge in [0.25, 0.3) is 0 Å². The molecule has 0 spiro atoms. The second-order valence-corrected chi connectivity index (χ2v) is 7.55. The number of hydrogen-bond acceptors (Lipinski definition) is 5. The van der Waals surface area contributed by atoms with Crippen molar-refractivity contribution < 1.29 is 19.5 Å². The van der Waals surface area contributed by atoms with Gasteiger partial charge in [0.1, 0.15) is 12.4 Å². The van der Waals surface area contributed by atoms with Crippen LogP contribution in [0.3, 0.4) is 0 Å². The van der Waals surface area contributed by atoms with Crippen LogP contribution in [0.15, 0.2) is 54.0 Å². The molecule has 0 saturated carbocycles. The van der Waals surface area contributed by atoms with Crippen LogP contribution in [-0.4, -0.2) is 35.0 Å². The van der Waals surface area contributed by atoms with E-state index >= 15 is 0 Å². The van der Waals surface area contributed by atoms with Gasteiger partial charge in [-0.15, -0.1) is 0 Å². The summed E-state index contributed by atoms with van der Waals surface area (Å²) in [5.41, 5.74) is 5.30. The minimum Gasteiger partial charge on any atom is -0.482 e. The highest BCUT2D eigenvalue weighted by atomic mass is 16.6. The molecule has 6 heteroatoms. The molecule has 0 aliphatic heterocycles. The Labute approximate surface area is 183 Å². The minimum absolute atomic E-state index is 0.331. The third-order valence-corrected chi connectivity index (χ3v) is 5.26. The predicted octanol–water partition coefficient (Wildman–Crippen LogP) is 5.27. The molecule has 0 unspecified atom stereocenters. The fraction of sp³-hybridized carbons (Fsp3) is 0.400. The summed E-state index contributed by atoms with van der Waals surface area (Å²) in [6.45, 7) is 2.33. The number of pyridine rings is 1. The van der Waals surface area contributed by atoms with E-state index in [1.54, 1.807) is 6.20 Å². The number of fused-ring (bicyclic) bond motifs is 1. The van der Waals surface area contributed by atoms with Crippen LogP contribution in [-0.2, 0) is 16.1 Å². The SMILES string of the molecule is CCCCC/C(=N/OCCC1=CCCc2c(OCC(=O)O)cccc21)c1cccnc1. The van der Waals surface area contributed by atoms with Gasteiger partial charge in [-0.1, -0.05) is 43.1 Å². The van der Waals surface area contributed by atoms with Crippen LogP contribution in [0, 0.1) is 0 Å². The molecular weight excluding hydrogens is 392 g/mol. The standard InChI is InChI=1S/C25H30N2O4/c1-2-3-4-12-23(20-9-7-15-26-17-20)27-31-16-14-19-8-5-11-22-21(19)10-6-13-24(22)30-18-25(28)29/h6-10,13,15,17H,2-5,11-12,14,16,18H2,1H3,(H,28,29)/b27-23-. The van der Waals surface area contributed by atoms with Gasteiger partial charge in [-0.05, 0) is 55.0 Å². The Morgan fingerprint density at radius 1 is 1.23 bits per heavy atom. The number of ether oxygens (including phenoxy) is 1. The summed E-state index contributed by atoms with van der Waals surface area (Å²) in [7, 11) is 0. The molecular formula is C25H30N2O4. The van der Waals surface area contributed by atoms with Crippen LogP contribution in [0.4, 0.5) is 0 Å². The Bertz CT molecular complexity index is 922. The van der Waals surface area contributed by atoms with E-state index in [4.69, 9.17) is 14.7 Å². The van der Waals surface area contributed by atoms with Crippen LogP contribution >= 0.6 is 0 Å². The van der Waals surface area contributed by atoms with E-state index in [0.717, 1.165) is 67.3 Å². The maximum absolute atomic E-state index is 10.9. The summed E-state index contributed by atoms with van der Waals surface area (Å²) >= 11 is 0. The molecule has 3 rings (SSSR count). The molecule has 1 aromatic carbocycles. The van der Waals surface area contributed by atoms with E-state index in [0.29, 0.717) is 12.4 Å². The first-order valence-corrected chi connectivity index (χ1v) is 10.9. The molecule has 0 amide bonds. The topological polar surface area (TPSA) is 81.0 Å². The van der Waals surface area contributed by atoms with Crippen molar-refractivity contribution in [2.45, 2.75) is 51.9 Å². The van der Waals surface area contributed by atoms with Gasteiger partial charge >= 0.3 is 5.97 Å². The Morgan fingerprint density at radius 3 is 2.90 bits per heavy atom. The zero-order valence-electron chi connectivity index (χ0n) is 18.0. The first-order valence-electron chi connectivity index (χ1n) is 10.9. The van der Waals surface area contributed by atoms with Crippen molar-refractivity contribution in [3.05, 3.63) is 65.5 Å². The third kappa shape index (κ3) is 6.67. The van der Waals surface area contributed by atoms with E-state index < -0.39 is 5.97 Å². The second-order valence-electron chi connectivity index (χ2n) is 7.55. The number of nitrogens with zero attached hydrogens (tertiary/aromatic N) is 2. The molecule has 1 aliphatic carbocycles. The van der Waals surface area contributed by atoms with Gasteiger partial charge in [-0.3, -0.25) is 4.98 Å². The van der Waals surface area contributed by atoms with Crippen LogP contribution in [0.2, 0.25) is 0 Å². The van der Waals surface area contributed by atoms with Crippen LogP contribution < -0.4 is 4.74 Å². The number of hydrogen-bond donors (Lipinski definition) is 1. The lowest BCUT2D eigenvalue weighted by Crippen LogP contribution is -2.12. The maximum atomic E-state index is 10.9. The number of allylic oxidation sites excluding steroid dienone is 1. The average molecular weight is 423 g/mol. The van der Waals surface area contributed by atoms with Crippen molar-refractivity contribution in [1.82, 2.24) is 4.98 Å². The number of oxime groups is 1. The van der Waals surface area contributed by atoms with Crippen LogP contribution in [0.1, 0.15) is 62.1 Å². The largest absolute Gasteiger partial charge is 0.482 e. The summed E-state index contributed by atoms with van der Waals surface area (Å²) in [6.07, 6.45) is 12.5. The smallest absolute Gasteiger partial charge is 0.341 e. The van der Waals surface area contributed by atoms with Crippen LogP contribution in [0.25, 0.3) is 5.57 Å². The number of unbranched alkanes of at least 4 members (excludes halogenated alkanes) is 2. The van der Waals surface area contributed by atoms with Gasteiger partial charge in [0, 0.05) is 29.9 Å². The van der Waals surface area contributed by atoms with Crippen molar-refractivity contribution in [2.24, 2.45) is 5.16 Å². The van der Waals surface area contributed by atoms with E-state index in [1.807, 2.05) is 30.5 Å². The Hall–Kier alpha value is -3.15. The number of carboxylic acid groups (broad SMARTS) is 1. The fourth-order valence-electron chi connectivity index (χ4n) is 3.73. The maximum Gasteiger partial charge on any atom is 0.341 e. The lowest BCUT2D eigenvalue weighted by Gasteiger charge is -2.20. The molecule has 0 radical (unpaired) electrons. The number of aliphatic carboxylic acids is 1. The molecule has 2 aromatic rings. The summed E-state index contributed by atoms with van der Waals surface area (Å²) < 4.78 is 5.48. The highest BCUT2D eigenvalue weighted by Gasteiger charge is 2.17. The third-order valence-electron chi connectivity index (χ3n) is 5.26. The van der Waals surface area contributed by atoms with E-state index in [2.05, 4.69) is 29.2 Å².